The zero-order valence-corrected chi connectivity index (χ0v) is 13.2. The fraction of sp³-hybridized carbons (Fsp3) is 0.733. The lowest BCUT2D eigenvalue weighted by Gasteiger charge is -2.49. The topological polar surface area (TPSA) is 53.4 Å². The van der Waals surface area contributed by atoms with Crippen molar-refractivity contribution in [2.75, 3.05) is 39.5 Å². The summed E-state index contributed by atoms with van der Waals surface area (Å²) in [6, 6.07) is 0. The van der Waals surface area contributed by atoms with Gasteiger partial charge in [0.05, 0.1) is 0 Å². The van der Waals surface area contributed by atoms with Gasteiger partial charge in [0.2, 0.25) is 5.95 Å². The van der Waals surface area contributed by atoms with E-state index in [9.17, 15) is 4.79 Å². The molecule has 3 rings (SSSR count). The highest BCUT2D eigenvalue weighted by molar-refractivity contribution is 5.92. The normalized spacial score (nSPS) is 19.6. The molecule has 0 bridgehead atoms. The number of nitrogens with zero attached hydrogens (tertiary/aromatic N) is 4. The fourth-order valence-corrected chi connectivity index (χ4v) is 3.32. The summed E-state index contributed by atoms with van der Waals surface area (Å²) in [7, 11) is 6.10. The first-order valence-electron chi connectivity index (χ1n) is 7.76. The van der Waals surface area contributed by atoms with Gasteiger partial charge in [0.1, 0.15) is 5.69 Å². The summed E-state index contributed by atoms with van der Waals surface area (Å²) in [5.41, 5.74) is 0.706. The Morgan fingerprint density at radius 3 is 2.71 bits per heavy atom. The van der Waals surface area contributed by atoms with Crippen LogP contribution in [-0.2, 0) is 6.54 Å². The molecule has 0 atom stereocenters. The van der Waals surface area contributed by atoms with Crippen LogP contribution < -0.4 is 5.32 Å². The molecule has 1 amide bonds. The summed E-state index contributed by atoms with van der Waals surface area (Å²) in [6.45, 7) is 2.65. The van der Waals surface area contributed by atoms with Gasteiger partial charge in [-0.05, 0) is 39.8 Å². The van der Waals surface area contributed by atoms with Gasteiger partial charge < -0.3 is 19.7 Å². The second kappa shape index (κ2) is 5.33. The van der Waals surface area contributed by atoms with Crippen molar-refractivity contribution in [2.45, 2.75) is 37.8 Å². The van der Waals surface area contributed by atoms with Crippen molar-refractivity contribution < 1.29 is 4.79 Å². The van der Waals surface area contributed by atoms with Gasteiger partial charge in [0.25, 0.3) is 5.91 Å². The van der Waals surface area contributed by atoms with Crippen molar-refractivity contribution in [2.24, 2.45) is 0 Å². The molecule has 1 aliphatic carbocycles. The van der Waals surface area contributed by atoms with E-state index in [1.165, 1.54) is 19.3 Å². The molecular weight excluding hydrogens is 266 g/mol. The Balaban J connectivity index is 1.71. The van der Waals surface area contributed by atoms with Crippen molar-refractivity contribution in [1.82, 2.24) is 19.4 Å². The second-order valence-electron chi connectivity index (χ2n) is 6.56. The predicted octanol–water partition coefficient (Wildman–Crippen LogP) is 1.25. The first-order valence-corrected chi connectivity index (χ1v) is 7.76. The number of hydrogen-bond donors (Lipinski definition) is 1. The summed E-state index contributed by atoms with van der Waals surface area (Å²) in [6.07, 6.45) is 6.54. The number of carbonyl (C=O) groups is 1. The molecule has 6 nitrogen and oxygen atoms in total. The molecule has 2 heterocycles. The largest absolute Gasteiger partial charge is 0.356 e. The number of rotatable bonds is 4. The quantitative estimate of drug-likeness (QED) is 0.907. The van der Waals surface area contributed by atoms with Crippen LogP contribution in [0.5, 0.6) is 0 Å². The summed E-state index contributed by atoms with van der Waals surface area (Å²) in [5.74, 6) is 0.843. The number of carbonyl (C=O) groups excluding carboxylic acids is 1. The van der Waals surface area contributed by atoms with Crippen LogP contribution in [0.1, 0.15) is 36.2 Å². The first-order chi connectivity index (χ1) is 10.0. The molecule has 1 fully saturated rings. The van der Waals surface area contributed by atoms with Crippen molar-refractivity contribution in [3.63, 3.8) is 0 Å². The average Bonchev–Trinajstić information content (AvgIpc) is 2.85. The molecule has 0 unspecified atom stereocenters. The molecule has 1 aliphatic heterocycles. The van der Waals surface area contributed by atoms with E-state index in [2.05, 4.69) is 29.3 Å². The molecule has 0 spiro atoms. The highest BCUT2D eigenvalue weighted by Gasteiger charge is 2.41. The predicted molar refractivity (Wildman–Crippen MR) is 82.6 cm³/mol. The number of imidazole rings is 1. The number of hydrogen-bond acceptors (Lipinski definition) is 4. The first kappa shape index (κ1) is 14.4. The number of aromatic nitrogens is 2. The minimum atomic E-state index is 0.0202. The molecule has 0 aromatic carbocycles. The van der Waals surface area contributed by atoms with Gasteiger partial charge >= 0.3 is 0 Å². The summed E-state index contributed by atoms with van der Waals surface area (Å²) in [4.78, 5) is 21.1. The van der Waals surface area contributed by atoms with E-state index < -0.39 is 0 Å². The number of amides is 1. The van der Waals surface area contributed by atoms with Crippen LogP contribution in [0.4, 0.5) is 5.95 Å². The van der Waals surface area contributed by atoms with E-state index >= 15 is 0 Å². The van der Waals surface area contributed by atoms with Crippen LogP contribution in [0.3, 0.4) is 0 Å². The number of anilines is 1. The van der Waals surface area contributed by atoms with Gasteiger partial charge in [0, 0.05) is 38.4 Å². The van der Waals surface area contributed by atoms with Crippen LogP contribution in [-0.4, -0.2) is 65.0 Å². The highest BCUT2D eigenvalue weighted by Crippen LogP contribution is 2.36. The van der Waals surface area contributed by atoms with Crippen molar-refractivity contribution in [3.05, 3.63) is 11.9 Å². The van der Waals surface area contributed by atoms with E-state index in [0.717, 1.165) is 32.0 Å². The van der Waals surface area contributed by atoms with Gasteiger partial charge in [-0.1, -0.05) is 0 Å². The van der Waals surface area contributed by atoms with Gasteiger partial charge in [0.15, 0.2) is 0 Å². The van der Waals surface area contributed by atoms with E-state index in [0.29, 0.717) is 5.69 Å². The molecule has 1 aromatic rings. The summed E-state index contributed by atoms with van der Waals surface area (Å²) >= 11 is 0. The van der Waals surface area contributed by atoms with Gasteiger partial charge in [-0.15, -0.1) is 0 Å². The number of aryl methyl sites for hydroxylation is 1. The minimum absolute atomic E-state index is 0.0202. The third kappa shape index (κ3) is 2.52. The smallest absolute Gasteiger partial charge is 0.273 e. The molecule has 1 saturated carbocycles. The van der Waals surface area contributed by atoms with Gasteiger partial charge in [-0.2, -0.15) is 0 Å². The second-order valence-corrected chi connectivity index (χ2v) is 6.56. The standard InChI is InChI=1S/C15H25N5O/c1-18(2)15(6-4-7-15)11-19(3)13(21)12-10-20-9-5-8-16-14(20)17-12/h10H,4-9,11H2,1-3H3,(H,16,17). The Bertz CT molecular complexity index is 509. The molecule has 0 saturated heterocycles. The Hall–Kier alpha value is -1.56. The van der Waals surface area contributed by atoms with E-state index in [4.69, 9.17) is 0 Å². The van der Waals surface area contributed by atoms with Gasteiger partial charge in [-0.3, -0.25) is 4.79 Å². The lowest BCUT2D eigenvalue weighted by Crippen LogP contribution is -2.57. The van der Waals surface area contributed by atoms with Gasteiger partial charge in [-0.25, -0.2) is 4.98 Å². The van der Waals surface area contributed by atoms with Crippen molar-refractivity contribution >= 4 is 11.9 Å². The molecular formula is C15H25N5O. The van der Waals surface area contributed by atoms with E-state index in [1.54, 1.807) is 0 Å². The monoisotopic (exact) mass is 291 g/mol. The third-order valence-corrected chi connectivity index (χ3v) is 4.97. The Kier molecular flexibility index (Phi) is 3.65. The summed E-state index contributed by atoms with van der Waals surface area (Å²) in [5, 5.41) is 3.24. The SMILES string of the molecule is CN(CC1(N(C)C)CCC1)C(=O)c1cn2c(n1)NCCC2. The van der Waals surface area contributed by atoms with Crippen molar-refractivity contribution in [3.8, 4) is 0 Å². The fourth-order valence-electron chi connectivity index (χ4n) is 3.32. The lowest BCUT2D eigenvalue weighted by molar-refractivity contribution is 0.0250. The number of nitrogens with one attached hydrogen (secondary N) is 1. The molecule has 1 aromatic heterocycles. The molecule has 21 heavy (non-hydrogen) atoms. The maximum atomic E-state index is 12.6. The van der Waals surface area contributed by atoms with Crippen LogP contribution in [0.25, 0.3) is 0 Å². The Morgan fingerprint density at radius 1 is 1.38 bits per heavy atom. The van der Waals surface area contributed by atoms with Crippen LogP contribution >= 0.6 is 0 Å². The molecule has 116 valence electrons. The molecule has 2 aliphatic rings. The lowest BCUT2D eigenvalue weighted by atomic mass is 9.75. The molecule has 1 N–H and O–H groups in total. The Morgan fingerprint density at radius 2 is 2.14 bits per heavy atom. The van der Waals surface area contributed by atoms with Crippen LogP contribution in [0, 0.1) is 0 Å². The zero-order valence-electron chi connectivity index (χ0n) is 13.2. The van der Waals surface area contributed by atoms with Crippen LogP contribution in [0.2, 0.25) is 0 Å². The maximum absolute atomic E-state index is 12.6. The van der Waals surface area contributed by atoms with E-state index in [-0.39, 0.29) is 11.4 Å². The maximum Gasteiger partial charge on any atom is 0.273 e. The molecule has 0 radical (unpaired) electrons. The average molecular weight is 291 g/mol. The minimum Gasteiger partial charge on any atom is -0.356 e. The highest BCUT2D eigenvalue weighted by atomic mass is 16.2. The number of likely N-dealkylation sites (N-methyl/N-ethyl adjacent to an activating group) is 2. The van der Waals surface area contributed by atoms with E-state index in [1.807, 2.05) is 22.7 Å². The zero-order chi connectivity index (χ0) is 15.0. The van der Waals surface area contributed by atoms with Crippen molar-refractivity contribution in [1.29, 1.82) is 0 Å². The molecule has 6 heteroatoms. The number of fused-ring (bicyclic) bond motifs is 1. The summed E-state index contributed by atoms with van der Waals surface area (Å²) < 4.78 is 2.04. The van der Waals surface area contributed by atoms with Crippen LogP contribution in [0.15, 0.2) is 6.20 Å². The Labute approximate surface area is 126 Å². The third-order valence-electron chi connectivity index (χ3n) is 4.97.